The van der Waals surface area contributed by atoms with Gasteiger partial charge < -0.3 is 0 Å². The Kier molecular flexibility index (Phi) is 6.71. The molecule has 2 heterocycles. The van der Waals surface area contributed by atoms with Crippen molar-refractivity contribution in [3.05, 3.63) is 132 Å². The molecule has 0 unspecified atom stereocenters. The van der Waals surface area contributed by atoms with Crippen molar-refractivity contribution in [2.45, 2.75) is 11.8 Å². The van der Waals surface area contributed by atoms with Crippen molar-refractivity contribution < 1.29 is 8.42 Å². The van der Waals surface area contributed by atoms with E-state index in [-0.39, 0.29) is 4.90 Å². The van der Waals surface area contributed by atoms with E-state index in [4.69, 9.17) is 16.7 Å². The number of hydrogen-bond acceptors (Lipinski definition) is 4. The quantitative estimate of drug-likeness (QED) is 0.223. The second-order valence-electron chi connectivity index (χ2n) is 9.22. The summed E-state index contributed by atoms with van der Waals surface area (Å²) in [6.07, 6.45) is 0. The molecule has 0 saturated carbocycles. The molecule has 0 bridgehead atoms. The van der Waals surface area contributed by atoms with Crippen LogP contribution in [0, 0.1) is 6.92 Å². The number of rotatable bonds is 7. The molecule has 4 aromatic carbocycles. The van der Waals surface area contributed by atoms with Gasteiger partial charge in [-0.25, -0.2) is 17.8 Å². The highest BCUT2D eigenvalue weighted by Gasteiger charge is 2.19. The zero-order chi connectivity index (χ0) is 27.7. The van der Waals surface area contributed by atoms with Crippen LogP contribution in [-0.2, 0) is 10.0 Å². The van der Waals surface area contributed by atoms with Gasteiger partial charge in [-0.1, -0.05) is 72.3 Å². The molecule has 0 amide bonds. The number of para-hydroxylation sites is 2. The van der Waals surface area contributed by atoms with E-state index in [1.807, 2.05) is 103 Å². The topological polar surface area (TPSA) is 81.8 Å². The van der Waals surface area contributed by atoms with E-state index in [2.05, 4.69) is 9.82 Å². The first kappa shape index (κ1) is 25.6. The molecule has 0 aliphatic heterocycles. The fraction of sp³-hybridized carbons (Fsp3) is 0.0323. The number of aromatic nitrogens is 4. The first-order valence-electron chi connectivity index (χ1n) is 12.5. The fourth-order valence-corrected chi connectivity index (χ4v) is 5.61. The molecule has 6 aromatic rings. The fourth-order valence-electron chi connectivity index (χ4n) is 4.45. The molecular formula is C31H24ClN5O2S. The molecular weight excluding hydrogens is 542 g/mol. The maximum Gasteiger partial charge on any atom is 0.263 e. The molecule has 0 fully saturated rings. The number of halogens is 1. The van der Waals surface area contributed by atoms with Crippen molar-refractivity contribution in [3.8, 4) is 33.9 Å². The van der Waals surface area contributed by atoms with E-state index in [1.165, 1.54) is 0 Å². The molecule has 1 N–H and O–H groups in total. The van der Waals surface area contributed by atoms with Crippen LogP contribution in [0.4, 0.5) is 5.82 Å². The Hall–Kier alpha value is -4.66. The molecule has 0 saturated heterocycles. The minimum atomic E-state index is -3.87. The van der Waals surface area contributed by atoms with Gasteiger partial charge in [0.25, 0.3) is 10.0 Å². The van der Waals surface area contributed by atoms with E-state index in [1.54, 1.807) is 35.0 Å². The maximum absolute atomic E-state index is 13.3. The lowest BCUT2D eigenvalue weighted by molar-refractivity contribution is 0.600. The Bertz CT molecular complexity index is 1880. The predicted octanol–water partition coefficient (Wildman–Crippen LogP) is 7.15. The summed E-state index contributed by atoms with van der Waals surface area (Å²) in [4.78, 5) is 0.134. The lowest BCUT2D eigenvalue weighted by Crippen LogP contribution is -2.15. The van der Waals surface area contributed by atoms with Crippen LogP contribution in [0.25, 0.3) is 33.9 Å². The van der Waals surface area contributed by atoms with Gasteiger partial charge in [0.05, 0.1) is 33.4 Å². The largest absolute Gasteiger partial charge is 0.263 e. The van der Waals surface area contributed by atoms with Crippen LogP contribution < -0.4 is 4.72 Å². The van der Waals surface area contributed by atoms with E-state index < -0.39 is 10.0 Å². The van der Waals surface area contributed by atoms with Crippen LogP contribution >= 0.6 is 11.6 Å². The third-order valence-electron chi connectivity index (χ3n) is 6.38. The van der Waals surface area contributed by atoms with E-state index >= 15 is 0 Å². The highest BCUT2D eigenvalue weighted by Crippen LogP contribution is 2.30. The zero-order valence-electron chi connectivity index (χ0n) is 21.4. The normalized spacial score (nSPS) is 11.4. The summed E-state index contributed by atoms with van der Waals surface area (Å²) in [6.45, 7) is 1.82. The number of anilines is 1. The van der Waals surface area contributed by atoms with E-state index in [0.717, 1.165) is 28.2 Å². The summed E-state index contributed by atoms with van der Waals surface area (Å²) in [5, 5.41) is 9.97. The SMILES string of the molecule is Cc1cc(NS(=O)(=O)c2ccc(-c3cc(-c4ccc(Cl)cc4)n(-c4ccccc4)n3)cc2)n(-c2ccccc2)n1. The van der Waals surface area contributed by atoms with Crippen LogP contribution in [-0.4, -0.2) is 28.0 Å². The summed E-state index contributed by atoms with van der Waals surface area (Å²) >= 11 is 6.12. The summed E-state index contributed by atoms with van der Waals surface area (Å²) in [7, 11) is -3.87. The van der Waals surface area contributed by atoms with Crippen LogP contribution in [0.3, 0.4) is 0 Å². The smallest absolute Gasteiger partial charge is 0.263 e. The van der Waals surface area contributed by atoms with Gasteiger partial charge >= 0.3 is 0 Å². The Morgan fingerprint density at radius 3 is 1.88 bits per heavy atom. The van der Waals surface area contributed by atoms with Crippen LogP contribution in [0.2, 0.25) is 5.02 Å². The Morgan fingerprint density at radius 1 is 0.675 bits per heavy atom. The molecule has 0 aliphatic carbocycles. The van der Waals surface area contributed by atoms with Crippen LogP contribution in [0.5, 0.6) is 0 Å². The lowest BCUT2D eigenvalue weighted by atomic mass is 10.1. The molecule has 6 rings (SSSR count). The Balaban J connectivity index is 1.32. The van der Waals surface area contributed by atoms with Gasteiger partial charge in [0.15, 0.2) is 0 Å². The van der Waals surface area contributed by atoms with Gasteiger partial charge in [-0.2, -0.15) is 10.2 Å². The van der Waals surface area contributed by atoms with Crippen molar-refractivity contribution in [2.75, 3.05) is 4.72 Å². The molecule has 0 aliphatic rings. The molecule has 2 aromatic heterocycles. The average Bonchev–Trinajstić information content (AvgIpc) is 3.58. The summed E-state index contributed by atoms with van der Waals surface area (Å²) < 4.78 is 32.8. The number of benzene rings is 4. The number of hydrogen-bond donors (Lipinski definition) is 1. The Labute approximate surface area is 237 Å². The van der Waals surface area contributed by atoms with Crippen molar-refractivity contribution in [2.24, 2.45) is 0 Å². The highest BCUT2D eigenvalue weighted by molar-refractivity contribution is 7.92. The molecule has 9 heteroatoms. The first-order valence-corrected chi connectivity index (χ1v) is 14.4. The summed E-state index contributed by atoms with van der Waals surface area (Å²) in [5.41, 5.74) is 5.71. The van der Waals surface area contributed by atoms with Gasteiger partial charge in [0.1, 0.15) is 5.82 Å². The molecule has 0 atom stereocenters. The number of nitrogens with zero attached hydrogens (tertiary/aromatic N) is 4. The van der Waals surface area contributed by atoms with Crippen molar-refractivity contribution >= 4 is 27.4 Å². The van der Waals surface area contributed by atoms with Crippen LogP contribution in [0.15, 0.2) is 126 Å². The van der Waals surface area contributed by atoms with Crippen molar-refractivity contribution in [3.63, 3.8) is 0 Å². The van der Waals surface area contributed by atoms with Gasteiger partial charge in [-0.15, -0.1) is 0 Å². The third kappa shape index (κ3) is 5.14. The summed E-state index contributed by atoms with van der Waals surface area (Å²) in [5.74, 6) is 0.363. The standard InChI is InChI=1S/C31H24ClN5O2S/c1-22-20-31(37(33-22)27-10-6-3-7-11-27)35-40(38,39)28-18-14-23(15-19-28)29-21-30(24-12-16-25(32)17-13-24)36(34-29)26-8-4-2-5-9-26/h2-21,35H,1H3. The molecule has 0 radical (unpaired) electrons. The molecule has 0 spiro atoms. The summed E-state index contributed by atoms with van der Waals surface area (Å²) in [6, 6.07) is 37.2. The minimum Gasteiger partial charge on any atom is -0.263 e. The maximum atomic E-state index is 13.3. The van der Waals surface area contributed by atoms with Crippen LogP contribution in [0.1, 0.15) is 5.69 Å². The minimum absolute atomic E-state index is 0.134. The second kappa shape index (κ2) is 10.5. The molecule has 198 valence electrons. The predicted molar refractivity (Wildman–Crippen MR) is 159 cm³/mol. The lowest BCUT2D eigenvalue weighted by Gasteiger charge is -2.11. The molecule has 40 heavy (non-hydrogen) atoms. The highest BCUT2D eigenvalue weighted by atomic mass is 35.5. The number of sulfonamides is 1. The zero-order valence-corrected chi connectivity index (χ0v) is 23.0. The number of nitrogens with one attached hydrogen (secondary N) is 1. The monoisotopic (exact) mass is 565 g/mol. The van der Waals surface area contributed by atoms with Crippen molar-refractivity contribution in [1.82, 2.24) is 19.6 Å². The number of aryl methyl sites for hydroxylation is 1. The molecule has 7 nitrogen and oxygen atoms in total. The van der Waals surface area contributed by atoms with Gasteiger partial charge in [0.2, 0.25) is 0 Å². The average molecular weight is 566 g/mol. The van der Waals surface area contributed by atoms with Crippen molar-refractivity contribution in [1.29, 1.82) is 0 Å². The van der Waals surface area contributed by atoms with Gasteiger partial charge in [-0.05, 0) is 61.5 Å². The third-order valence-corrected chi connectivity index (χ3v) is 8.00. The first-order chi connectivity index (χ1) is 19.4. The van der Waals surface area contributed by atoms with Gasteiger partial charge in [-0.3, -0.25) is 4.72 Å². The Morgan fingerprint density at radius 2 is 1.25 bits per heavy atom. The van der Waals surface area contributed by atoms with E-state index in [9.17, 15) is 8.42 Å². The van der Waals surface area contributed by atoms with Gasteiger partial charge in [0, 0.05) is 22.2 Å². The van der Waals surface area contributed by atoms with E-state index in [0.29, 0.717) is 22.2 Å². The second-order valence-corrected chi connectivity index (χ2v) is 11.3.